The lowest BCUT2D eigenvalue weighted by Gasteiger charge is -2.27. The van der Waals surface area contributed by atoms with E-state index < -0.39 is 11.7 Å². The molecule has 0 spiro atoms. The van der Waals surface area contributed by atoms with Crippen molar-refractivity contribution in [1.29, 1.82) is 0 Å². The van der Waals surface area contributed by atoms with E-state index in [0.717, 1.165) is 11.3 Å². The van der Waals surface area contributed by atoms with Crippen molar-refractivity contribution >= 4 is 5.69 Å². The average Bonchev–Trinajstić information content (AvgIpc) is 2.15. The van der Waals surface area contributed by atoms with E-state index in [-0.39, 0.29) is 0 Å². The molecule has 0 saturated carbocycles. The summed E-state index contributed by atoms with van der Waals surface area (Å²) in [7, 11) is 1.94. The van der Waals surface area contributed by atoms with Gasteiger partial charge in [-0.15, -0.1) is 0 Å². The normalized spacial score (nSPS) is 13.6. The van der Waals surface area contributed by atoms with Crippen molar-refractivity contribution in [3.63, 3.8) is 0 Å². The van der Waals surface area contributed by atoms with Crippen molar-refractivity contribution in [3.8, 4) is 0 Å². The number of hydrogen-bond acceptors (Lipinski definition) is 3. The number of benzene rings is 1. The van der Waals surface area contributed by atoms with Gasteiger partial charge in [-0.1, -0.05) is 12.1 Å². The van der Waals surface area contributed by atoms with E-state index in [9.17, 15) is 10.2 Å². The smallest absolute Gasteiger partial charge is 0.0765 e. The molecule has 0 saturated heterocycles. The Morgan fingerprint density at radius 3 is 2.12 bits per heavy atom. The van der Waals surface area contributed by atoms with Gasteiger partial charge in [-0.05, 0) is 38.5 Å². The first-order chi connectivity index (χ1) is 7.29. The molecule has 90 valence electrons. The van der Waals surface area contributed by atoms with E-state index in [1.807, 2.05) is 36.2 Å². The predicted octanol–water partition coefficient (Wildman–Crippen LogP) is 1.95. The Kier molecular flexibility index (Phi) is 3.94. The third-order valence-corrected chi connectivity index (χ3v) is 2.44. The van der Waals surface area contributed by atoms with Gasteiger partial charge in [-0.2, -0.15) is 0 Å². The maximum absolute atomic E-state index is 9.71. The van der Waals surface area contributed by atoms with E-state index >= 15 is 0 Å². The van der Waals surface area contributed by atoms with E-state index in [1.165, 1.54) is 0 Å². The molecule has 3 nitrogen and oxygen atoms in total. The van der Waals surface area contributed by atoms with Gasteiger partial charge in [0, 0.05) is 19.3 Å². The van der Waals surface area contributed by atoms with E-state index in [2.05, 4.69) is 0 Å². The second kappa shape index (κ2) is 4.85. The highest BCUT2D eigenvalue weighted by Gasteiger charge is 2.15. The molecule has 2 N–H and O–H groups in total. The van der Waals surface area contributed by atoms with E-state index in [4.69, 9.17) is 0 Å². The van der Waals surface area contributed by atoms with Gasteiger partial charge in [0.1, 0.15) is 0 Å². The molecule has 1 atom stereocenters. The van der Waals surface area contributed by atoms with Gasteiger partial charge in [0.15, 0.2) is 0 Å². The van der Waals surface area contributed by atoms with Gasteiger partial charge < -0.3 is 15.1 Å². The quantitative estimate of drug-likeness (QED) is 0.820. The zero-order valence-electron chi connectivity index (χ0n) is 10.4. The third-order valence-electron chi connectivity index (χ3n) is 2.44. The lowest BCUT2D eigenvalue weighted by Crippen LogP contribution is -2.36. The Morgan fingerprint density at radius 1 is 1.25 bits per heavy atom. The summed E-state index contributed by atoms with van der Waals surface area (Å²) in [5, 5.41) is 19.1. The summed E-state index contributed by atoms with van der Waals surface area (Å²) < 4.78 is 0. The second-order valence-corrected chi connectivity index (χ2v) is 4.94. The fourth-order valence-electron chi connectivity index (χ4n) is 1.68. The van der Waals surface area contributed by atoms with Gasteiger partial charge in [0.25, 0.3) is 0 Å². The molecule has 0 aliphatic heterocycles. The molecular weight excluding hydrogens is 202 g/mol. The molecule has 1 unspecified atom stereocenters. The first-order valence-electron chi connectivity index (χ1n) is 5.51. The van der Waals surface area contributed by atoms with Crippen molar-refractivity contribution in [2.24, 2.45) is 0 Å². The molecule has 0 aliphatic carbocycles. The zero-order chi connectivity index (χ0) is 12.3. The van der Waals surface area contributed by atoms with Crippen molar-refractivity contribution in [2.75, 3.05) is 18.5 Å². The number of nitrogens with zero attached hydrogens (tertiary/aromatic N) is 1. The Labute approximate surface area is 97.3 Å². The molecule has 0 aliphatic rings. The van der Waals surface area contributed by atoms with Crippen LogP contribution in [-0.4, -0.2) is 29.4 Å². The van der Waals surface area contributed by atoms with Crippen molar-refractivity contribution < 1.29 is 10.2 Å². The van der Waals surface area contributed by atoms with Gasteiger partial charge in [-0.3, -0.25) is 0 Å². The Bertz CT molecular complexity index is 325. The van der Waals surface area contributed by atoms with E-state index in [1.54, 1.807) is 20.8 Å². The molecule has 0 radical (unpaired) electrons. The number of likely N-dealkylation sites (N-methyl/N-ethyl adjacent to an activating group) is 1. The highest BCUT2D eigenvalue weighted by Crippen LogP contribution is 2.19. The Hall–Kier alpha value is -1.06. The van der Waals surface area contributed by atoms with Crippen molar-refractivity contribution in [2.45, 2.75) is 32.5 Å². The van der Waals surface area contributed by atoms with Crippen LogP contribution in [0.5, 0.6) is 0 Å². The summed E-state index contributed by atoms with van der Waals surface area (Å²) in [6.45, 7) is 5.89. The molecule has 0 amide bonds. The minimum absolute atomic E-state index is 0.436. The summed E-state index contributed by atoms with van der Waals surface area (Å²) in [6.07, 6.45) is -0.436. The SMILES string of the molecule is CC(O)c1ccc(N(C)CC(C)(C)O)cc1. The second-order valence-electron chi connectivity index (χ2n) is 4.94. The number of aliphatic hydroxyl groups excluding tert-OH is 1. The van der Waals surface area contributed by atoms with Crippen LogP contribution in [-0.2, 0) is 0 Å². The molecule has 0 bridgehead atoms. The van der Waals surface area contributed by atoms with Crippen LogP contribution < -0.4 is 4.90 Å². The molecule has 16 heavy (non-hydrogen) atoms. The fourth-order valence-corrected chi connectivity index (χ4v) is 1.68. The Balaban J connectivity index is 2.74. The van der Waals surface area contributed by atoms with E-state index in [0.29, 0.717) is 6.54 Å². The van der Waals surface area contributed by atoms with Crippen LogP contribution in [0.2, 0.25) is 0 Å². The summed E-state index contributed by atoms with van der Waals surface area (Å²) >= 11 is 0. The molecule has 0 heterocycles. The van der Waals surface area contributed by atoms with Gasteiger partial charge >= 0.3 is 0 Å². The molecule has 3 heteroatoms. The van der Waals surface area contributed by atoms with Crippen LogP contribution in [0.15, 0.2) is 24.3 Å². The van der Waals surface area contributed by atoms with Crippen LogP contribution >= 0.6 is 0 Å². The summed E-state index contributed by atoms with van der Waals surface area (Å²) in [6, 6.07) is 7.71. The fraction of sp³-hybridized carbons (Fsp3) is 0.538. The highest BCUT2D eigenvalue weighted by atomic mass is 16.3. The number of anilines is 1. The van der Waals surface area contributed by atoms with Gasteiger partial charge in [0.2, 0.25) is 0 Å². The average molecular weight is 223 g/mol. The Morgan fingerprint density at radius 2 is 1.75 bits per heavy atom. The summed E-state index contributed by atoms with van der Waals surface area (Å²) in [5.41, 5.74) is 1.23. The first-order valence-corrected chi connectivity index (χ1v) is 5.51. The number of aliphatic hydroxyl groups is 2. The maximum atomic E-state index is 9.71. The molecule has 0 aromatic heterocycles. The maximum Gasteiger partial charge on any atom is 0.0765 e. The number of rotatable bonds is 4. The van der Waals surface area contributed by atoms with Crippen molar-refractivity contribution in [1.82, 2.24) is 0 Å². The van der Waals surface area contributed by atoms with Crippen molar-refractivity contribution in [3.05, 3.63) is 29.8 Å². The minimum atomic E-state index is -0.711. The standard InChI is InChI=1S/C13H21NO2/c1-10(15)11-5-7-12(8-6-11)14(4)9-13(2,3)16/h5-8,10,15-16H,9H2,1-4H3. The lowest BCUT2D eigenvalue weighted by molar-refractivity contribution is 0.0886. The molecule has 0 fully saturated rings. The number of hydrogen-bond donors (Lipinski definition) is 2. The largest absolute Gasteiger partial charge is 0.389 e. The summed E-state index contributed by atoms with van der Waals surface area (Å²) in [4.78, 5) is 1.99. The zero-order valence-corrected chi connectivity index (χ0v) is 10.4. The molecule has 1 aromatic carbocycles. The summed E-state index contributed by atoms with van der Waals surface area (Å²) in [5.74, 6) is 0. The van der Waals surface area contributed by atoms with Crippen LogP contribution in [0.4, 0.5) is 5.69 Å². The van der Waals surface area contributed by atoms with Crippen LogP contribution in [0.3, 0.4) is 0 Å². The van der Waals surface area contributed by atoms with Crippen LogP contribution in [0.1, 0.15) is 32.4 Å². The first kappa shape index (κ1) is 13.0. The van der Waals surface area contributed by atoms with Gasteiger partial charge in [0.05, 0.1) is 11.7 Å². The molecule has 1 rings (SSSR count). The monoisotopic (exact) mass is 223 g/mol. The topological polar surface area (TPSA) is 43.7 Å². The van der Waals surface area contributed by atoms with Crippen LogP contribution in [0.25, 0.3) is 0 Å². The molecule has 1 aromatic rings. The minimum Gasteiger partial charge on any atom is -0.389 e. The highest BCUT2D eigenvalue weighted by molar-refractivity contribution is 5.47. The molecular formula is C13H21NO2. The third kappa shape index (κ3) is 3.83. The van der Waals surface area contributed by atoms with Crippen LogP contribution in [0, 0.1) is 0 Å². The van der Waals surface area contributed by atoms with Gasteiger partial charge in [-0.25, -0.2) is 0 Å². The predicted molar refractivity (Wildman–Crippen MR) is 66.6 cm³/mol. The lowest BCUT2D eigenvalue weighted by atomic mass is 10.1.